The van der Waals surface area contributed by atoms with Gasteiger partial charge in [-0.3, -0.25) is 9.69 Å². The summed E-state index contributed by atoms with van der Waals surface area (Å²) in [5, 5.41) is 6.24. The van der Waals surface area contributed by atoms with Crippen LogP contribution in [0.4, 0.5) is 0 Å². The van der Waals surface area contributed by atoms with Crippen LogP contribution in [-0.2, 0) is 4.79 Å². The van der Waals surface area contributed by atoms with Crippen molar-refractivity contribution < 1.29 is 4.79 Å². The Morgan fingerprint density at radius 1 is 1.54 bits per heavy atom. The third-order valence-corrected chi connectivity index (χ3v) is 2.90. The Kier molecular flexibility index (Phi) is 2.51. The van der Waals surface area contributed by atoms with Crippen molar-refractivity contribution in [1.82, 2.24) is 15.5 Å². The largest absolute Gasteiger partial charge is 0.352 e. The van der Waals surface area contributed by atoms with Gasteiger partial charge in [-0.1, -0.05) is 0 Å². The Balaban J connectivity index is 1.76. The maximum atomic E-state index is 10.8. The fraction of sp³-hybridized carbons (Fsp3) is 0.889. The standard InChI is InChI=1S/C9H17N3O/c1-7(13)11-8-2-3-12(6-8)9-4-10-5-9/h8-10H,2-6H2,1H3,(H,11,13). The molecule has 4 heteroatoms. The van der Waals surface area contributed by atoms with Crippen LogP contribution in [0.1, 0.15) is 13.3 Å². The van der Waals surface area contributed by atoms with Crippen molar-refractivity contribution in [3.05, 3.63) is 0 Å². The number of likely N-dealkylation sites (tertiary alicyclic amines) is 1. The minimum absolute atomic E-state index is 0.0959. The second kappa shape index (κ2) is 3.64. The molecule has 4 nitrogen and oxygen atoms in total. The second-order valence-corrected chi connectivity index (χ2v) is 3.99. The molecule has 74 valence electrons. The van der Waals surface area contributed by atoms with E-state index in [0.29, 0.717) is 6.04 Å². The summed E-state index contributed by atoms with van der Waals surface area (Å²) in [5.74, 6) is 0.0959. The minimum Gasteiger partial charge on any atom is -0.352 e. The lowest BCUT2D eigenvalue weighted by atomic mass is 10.1. The molecular formula is C9H17N3O. The average molecular weight is 183 g/mol. The number of rotatable bonds is 2. The normalized spacial score (nSPS) is 30.1. The molecule has 2 saturated heterocycles. The van der Waals surface area contributed by atoms with Gasteiger partial charge in [-0.2, -0.15) is 0 Å². The average Bonchev–Trinajstić information content (AvgIpc) is 2.31. The third kappa shape index (κ3) is 2.00. The van der Waals surface area contributed by atoms with Crippen LogP contribution in [0.25, 0.3) is 0 Å². The van der Waals surface area contributed by atoms with E-state index in [1.807, 2.05) is 0 Å². The first-order chi connectivity index (χ1) is 6.25. The van der Waals surface area contributed by atoms with Gasteiger partial charge in [0.2, 0.25) is 5.91 Å². The van der Waals surface area contributed by atoms with Gasteiger partial charge in [-0.15, -0.1) is 0 Å². The predicted octanol–water partition coefficient (Wildman–Crippen LogP) is -0.831. The van der Waals surface area contributed by atoms with Crippen molar-refractivity contribution in [3.63, 3.8) is 0 Å². The van der Waals surface area contributed by atoms with E-state index in [-0.39, 0.29) is 5.91 Å². The quantitative estimate of drug-likeness (QED) is 0.587. The van der Waals surface area contributed by atoms with Crippen molar-refractivity contribution in [2.24, 2.45) is 0 Å². The Labute approximate surface area is 78.7 Å². The van der Waals surface area contributed by atoms with E-state index < -0.39 is 0 Å². The van der Waals surface area contributed by atoms with Crippen LogP contribution in [0.5, 0.6) is 0 Å². The molecule has 13 heavy (non-hydrogen) atoms. The van der Waals surface area contributed by atoms with Crippen LogP contribution >= 0.6 is 0 Å². The van der Waals surface area contributed by atoms with Gasteiger partial charge in [0.1, 0.15) is 0 Å². The van der Waals surface area contributed by atoms with Gasteiger partial charge in [0, 0.05) is 45.2 Å². The Hall–Kier alpha value is -0.610. The molecule has 0 aromatic rings. The minimum atomic E-state index is 0.0959. The topological polar surface area (TPSA) is 44.4 Å². The van der Waals surface area contributed by atoms with E-state index in [4.69, 9.17) is 0 Å². The summed E-state index contributed by atoms with van der Waals surface area (Å²) in [6, 6.07) is 1.11. The zero-order valence-corrected chi connectivity index (χ0v) is 8.05. The van der Waals surface area contributed by atoms with Gasteiger partial charge in [0.15, 0.2) is 0 Å². The van der Waals surface area contributed by atoms with Gasteiger partial charge >= 0.3 is 0 Å². The highest BCUT2D eigenvalue weighted by Crippen LogP contribution is 2.14. The molecule has 0 spiro atoms. The van der Waals surface area contributed by atoms with Crippen molar-refractivity contribution in [2.45, 2.75) is 25.4 Å². The summed E-state index contributed by atoms with van der Waals surface area (Å²) in [4.78, 5) is 13.3. The summed E-state index contributed by atoms with van der Waals surface area (Å²) in [6.07, 6.45) is 1.11. The first-order valence-corrected chi connectivity index (χ1v) is 4.97. The Bertz CT molecular complexity index is 203. The highest BCUT2D eigenvalue weighted by molar-refractivity contribution is 5.73. The molecule has 0 aromatic heterocycles. The van der Waals surface area contributed by atoms with Gasteiger partial charge < -0.3 is 10.6 Å². The first kappa shape index (κ1) is 8.97. The van der Waals surface area contributed by atoms with Gasteiger partial charge in [-0.25, -0.2) is 0 Å². The molecule has 1 unspecified atom stereocenters. The van der Waals surface area contributed by atoms with E-state index in [0.717, 1.165) is 38.6 Å². The Morgan fingerprint density at radius 2 is 2.31 bits per heavy atom. The smallest absolute Gasteiger partial charge is 0.217 e. The van der Waals surface area contributed by atoms with Crippen LogP contribution in [0.15, 0.2) is 0 Å². The van der Waals surface area contributed by atoms with Crippen LogP contribution in [0.3, 0.4) is 0 Å². The Morgan fingerprint density at radius 3 is 2.85 bits per heavy atom. The molecule has 0 saturated carbocycles. The summed E-state index contributed by atoms with van der Waals surface area (Å²) in [6.45, 7) is 6.00. The highest BCUT2D eigenvalue weighted by Gasteiger charge is 2.31. The first-order valence-electron chi connectivity index (χ1n) is 4.97. The summed E-state index contributed by atoms with van der Waals surface area (Å²) in [7, 11) is 0. The van der Waals surface area contributed by atoms with E-state index >= 15 is 0 Å². The molecule has 2 fully saturated rings. The number of carbonyl (C=O) groups excluding carboxylic acids is 1. The lowest BCUT2D eigenvalue weighted by Crippen LogP contribution is -2.56. The van der Waals surface area contributed by atoms with Crippen LogP contribution in [0.2, 0.25) is 0 Å². The fourth-order valence-corrected chi connectivity index (χ4v) is 2.06. The monoisotopic (exact) mass is 183 g/mol. The molecule has 0 radical (unpaired) electrons. The number of carbonyl (C=O) groups is 1. The molecule has 2 N–H and O–H groups in total. The van der Waals surface area contributed by atoms with Gasteiger partial charge in [-0.05, 0) is 6.42 Å². The molecule has 2 aliphatic heterocycles. The summed E-state index contributed by atoms with van der Waals surface area (Å²) < 4.78 is 0. The van der Waals surface area contributed by atoms with E-state index in [2.05, 4.69) is 15.5 Å². The van der Waals surface area contributed by atoms with Crippen LogP contribution in [-0.4, -0.2) is 49.1 Å². The third-order valence-electron chi connectivity index (χ3n) is 2.90. The van der Waals surface area contributed by atoms with Crippen molar-refractivity contribution in [1.29, 1.82) is 0 Å². The maximum Gasteiger partial charge on any atom is 0.217 e. The molecule has 2 aliphatic rings. The zero-order chi connectivity index (χ0) is 9.26. The predicted molar refractivity (Wildman–Crippen MR) is 50.5 cm³/mol. The van der Waals surface area contributed by atoms with Crippen molar-refractivity contribution in [3.8, 4) is 0 Å². The number of amides is 1. The molecule has 0 aromatic carbocycles. The fourth-order valence-electron chi connectivity index (χ4n) is 2.06. The lowest BCUT2D eigenvalue weighted by Gasteiger charge is -2.35. The summed E-state index contributed by atoms with van der Waals surface area (Å²) in [5.41, 5.74) is 0. The maximum absolute atomic E-state index is 10.8. The number of hydrogen-bond donors (Lipinski definition) is 2. The molecule has 0 aliphatic carbocycles. The van der Waals surface area contributed by atoms with Crippen molar-refractivity contribution in [2.75, 3.05) is 26.2 Å². The van der Waals surface area contributed by atoms with Crippen molar-refractivity contribution >= 4 is 5.91 Å². The van der Waals surface area contributed by atoms with Crippen LogP contribution < -0.4 is 10.6 Å². The highest BCUT2D eigenvalue weighted by atomic mass is 16.1. The van der Waals surface area contributed by atoms with Gasteiger partial charge in [0.05, 0.1) is 0 Å². The SMILES string of the molecule is CC(=O)NC1CCN(C2CNC2)C1. The van der Waals surface area contributed by atoms with E-state index in [1.165, 1.54) is 0 Å². The number of hydrogen-bond acceptors (Lipinski definition) is 3. The second-order valence-electron chi connectivity index (χ2n) is 3.99. The van der Waals surface area contributed by atoms with E-state index in [1.54, 1.807) is 6.92 Å². The molecule has 2 rings (SSSR count). The molecule has 1 atom stereocenters. The molecule has 2 heterocycles. The van der Waals surface area contributed by atoms with E-state index in [9.17, 15) is 4.79 Å². The molecule has 1 amide bonds. The summed E-state index contributed by atoms with van der Waals surface area (Å²) >= 11 is 0. The van der Waals surface area contributed by atoms with Crippen LogP contribution in [0, 0.1) is 0 Å². The molecule has 0 bridgehead atoms. The molecular weight excluding hydrogens is 166 g/mol. The number of nitrogens with zero attached hydrogens (tertiary/aromatic N) is 1. The van der Waals surface area contributed by atoms with Gasteiger partial charge in [0.25, 0.3) is 0 Å². The lowest BCUT2D eigenvalue weighted by molar-refractivity contribution is -0.119. The number of nitrogens with one attached hydrogen (secondary N) is 2. The zero-order valence-electron chi connectivity index (χ0n) is 8.05.